The number of hydrogen-bond acceptors (Lipinski definition) is 3. The van der Waals surface area contributed by atoms with E-state index in [1.54, 1.807) is 0 Å². The lowest BCUT2D eigenvalue weighted by molar-refractivity contribution is -0.124. The average Bonchev–Trinajstić information content (AvgIpc) is 2.16. The summed E-state index contributed by atoms with van der Waals surface area (Å²) in [4.78, 5) is 11.5. The molecule has 1 rings (SSSR count). The second-order valence-electron chi connectivity index (χ2n) is 4.62. The molecule has 0 aromatic carbocycles. The molecule has 0 bridgehead atoms. The Kier molecular flexibility index (Phi) is 4.32. The Morgan fingerprint density at radius 3 is 2.56 bits per heavy atom. The first kappa shape index (κ1) is 13.4. The van der Waals surface area contributed by atoms with Crippen molar-refractivity contribution >= 4 is 15.9 Å². The van der Waals surface area contributed by atoms with E-state index in [9.17, 15) is 13.2 Å². The molecule has 5 nitrogen and oxygen atoms in total. The van der Waals surface area contributed by atoms with Gasteiger partial charge in [0, 0.05) is 25.0 Å². The topological polar surface area (TPSA) is 66.5 Å². The van der Waals surface area contributed by atoms with Gasteiger partial charge in [0.1, 0.15) is 0 Å². The van der Waals surface area contributed by atoms with Gasteiger partial charge in [-0.1, -0.05) is 13.8 Å². The lowest BCUT2D eigenvalue weighted by Gasteiger charge is -2.31. The van der Waals surface area contributed by atoms with Gasteiger partial charge in [-0.25, -0.2) is 12.7 Å². The minimum Gasteiger partial charge on any atom is -0.352 e. The summed E-state index contributed by atoms with van der Waals surface area (Å²) in [6.45, 7) is 4.61. The van der Waals surface area contributed by atoms with Gasteiger partial charge in [0.15, 0.2) is 0 Å². The van der Waals surface area contributed by atoms with Gasteiger partial charge >= 0.3 is 0 Å². The van der Waals surface area contributed by atoms with Crippen molar-refractivity contribution in [3.63, 3.8) is 0 Å². The molecule has 1 atom stereocenters. The van der Waals surface area contributed by atoms with E-state index in [1.807, 2.05) is 13.8 Å². The molecule has 0 saturated carbocycles. The minimum absolute atomic E-state index is 0.0136. The third kappa shape index (κ3) is 3.75. The van der Waals surface area contributed by atoms with Gasteiger partial charge in [0.05, 0.1) is 6.26 Å². The SMILES string of the molecule is CC(C)C(=O)NC1CCCN(S(C)(=O)=O)C1. The zero-order chi connectivity index (χ0) is 12.3. The van der Waals surface area contributed by atoms with Crippen LogP contribution in [0, 0.1) is 5.92 Å². The summed E-state index contributed by atoms with van der Waals surface area (Å²) in [5.74, 6) is -0.0750. The maximum atomic E-state index is 11.5. The fourth-order valence-electron chi connectivity index (χ4n) is 1.73. The van der Waals surface area contributed by atoms with Crippen LogP contribution in [0.3, 0.4) is 0 Å². The number of nitrogens with one attached hydrogen (secondary N) is 1. The second kappa shape index (κ2) is 5.14. The smallest absolute Gasteiger partial charge is 0.222 e. The number of sulfonamides is 1. The first-order valence-electron chi connectivity index (χ1n) is 5.56. The van der Waals surface area contributed by atoms with E-state index in [2.05, 4.69) is 5.32 Å². The van der Waals surface area contributed by atoms with Gasteiger partial charge in [0.2, 0.25) is 15.9 Å². The maximum absolute atomic E-state index is 11.5. The summed E-state index contributed by atoms with van der Waals surface area (Å²) < 4.78 is 24.2. The monoisotopic (exact) mass is 248 g/mol. The quantitative estimate of drug-likeness (QED) is 0.775. The van der Waals surface area contributed by atoms with Crippen molar-refractivity contribution in [3.05, 3.63) is 0 Å². The second-order valence-corrected chi connectivity index (χ2v) is 6.61. The zero-order valence-corrected chi connectivity index (χ0v) is 10.9. The molecule has 6 heteroatoms. The van der Waals surface area contributed by atoms with Crippen molar-refractivity contribution < 1.29 is 13.2 Å². The predicted molar refractivity (Wildman–Crippen MR) is 62.4 cm³/mol. The number of piperidine rings is 1. The van der Waals surface area contributed by atoms with Crippen molar-refractivity contribution in [1.82, 2.24) is 9.62 Å². The Labute approximate surface area is 97.2 Å². The number of carbonyl (C=O) groups excluding carboxylic acids is 1. The van der Waals surface area contributed by atoms with Crippen LogP contribution >= 0.6 is 0 Å². The molecule has 16 heavy (non-hydrogen) atoms. The molecule has 1 saturated heterocycles. The van der Waals surface area contributed by atoms with E-state index in [-0.39, 0.29) is 17.9 Å². The first-order chi connectivity index (χ1) is 7.30. The van der Waals surface area contributed by atoms with E-state index in [4.69, 9.17) is 0 Å². The van der Waals surface area contributed by atoms with Crippen LogP contribution in [0.2, 0.25) is 0 Å². The summed E-state index contributed by atoms with van der Waals surface area (Å²) in [7, 11) is -3.13. The summed E-state index contributed by atoms with van der Waals surface area (Å²) >= 11 is 0. The fourth-order valence-corrected chi connectivity index (χ4v) is 2.64. The molecule has 1 N–H and O–H groups in total. The standard InChI is InChI=1S/C10H20N2O3S/c1-8(2)10(13)11-9-5-4-6-12(7-9)16(3,14)15/h8-9H,4-7H2,1-3H3,(H,11,13). The predicted octanol–water partition coefficient (Wildman–Crippen LogP) is 0.183. The van der Waals surface area contributed by atoms with Gasteiger partial charge in [0.25, 0.3) is 0 Å². The van der Waals surface area contributed by atoms with Gasteiger partial charge in [-0.05, 0) is 12.8 Å². The van der Waals surface area contributed by atoms with Crippen molar-refractivity contribution in [2.24, 2.45) is 5.92 Å². The van der Waals surface area contributed by atoms with Crippen molar-refractivity contribution in [2.75, 3.05) is 19.3 Å². The molecule has 1 unspecified atom stereocenters. The molecule has 0 radical (unpaired) electrons. The minimum atomic E-state index is -3.13. The number of hydrogen-bond donors (Lipinski definition) is 1. The maximum Gasteiger partial charge on any atom is 0.222 e. The van der Waals surface area contributed by atoms with Gasteiger partial charge in [-0.3, -0.25) is 4.79 Å². The lowest BCUT2D eigenvalue weighted by Crippen LogP contribution is -2.50. The molecule has 0 aliphatic carbocycles. The van der Waals surface area contributed by atoms with E-state index in [0.29, 0.717) is 13.1 Å². The Morgan fingerprint density at radius 1 is 1.44 bits per heavy atom. The van der Waals surface area contributed by atoms with Crippen LogP contribution < -0.4 is 5.32 Å². The van der Waals surface area contributed by atoms with Crippen LogP contribution in [0.4, 0.5) is 0 Å². The van der Waals surface area contributed by atoms with Crippen LogP contribution in [0.5, 0.6) is 0 Å². The van der Waals surface area contributed by atoms with E-state index >= 15 is 0 Å². The third-order valence-corrected chi connectivity index (χ3v) is 3.99. The summed E-state index contributed by atoms with van der Waals surface area (Å²) in [5, 5.41) is 2.88. The third-order valence-electron chi connectivity index (χ3n) is 2.72. The molecule has 0 aromatic heterocycles. The Morgan fingerprint density at radius 2 is 2.06 bits per heavy atom. The molecule has 0 spiro atoms. The van der Waals surface area contributed by atoms with E-state index in [0.717, 1.165) is 12.8 Å². The van der Waals surface area contributed by atoms with E-state index < -0.39 is 10.0 Å². The van der Waals surface area contributed by atoms with Crippen molar-refractivity contribution in [2.45, 2.75) is 32.7 Å². The number of nitrogens with zero attached hydrogens (tertiary/aromatic N) is 1. The number of rotatable bonds is 3. The highest BCUT2D eigenvalue weighted by molar-refractivity contribution is 7.88. The van der Waals surface area contributed by atoms with Crippen molar-refractivity contribution in [3.8, 4) is 0 Å². The van der Waals surface area contributed by atoms with Gasteiger partial charge < -0.3 is 5.32 Å². The van der Waals surface area contributed by atoms with Crippen molar-refractivity contribution in [1.29, 1.82) is 0 Å². The molecule has 1 aliphatic heterocycles. The highest BCUT2D eigenvalue weighted by atomic mass is 32.2. The largest absolute Gasteiger partial charge is 0.352 e. The van der Waals surface area contributed by atoms with Crippen LogP contribution in [0.25, 0.3) is 0 Å². The highest BCUT2D eigenvalue weighted by Crippen LogP contribution is 2.13. The highest BCUT2D eigenvalue weighted by Gasteiger charge is 2.27. The Bertz CT molecular complexity index is 351. The molecular formula is C10H20N2O3S. The summed E-state index contributed by atoms with van der Waals surface area (Å²) in [6.07, 6.45) is 2.86. The molecule has 1 amide bonds. The molecule has 94 valence electrons. The number of carbonyl (C=O) groups is 1. The van der Waals surface area contributed by atoms with Crippen LogP contribution in [-0.4, -0.2) is 44.0 Å². The van der Waals surface area contributed by atoms with Gasteiger partial charge in [-0.15, -0.1) is 0 Å². The first-order valence-corrected chi connectivity index (χ1v) is 7.41. The normalized spacial score (nSPS) is 23.4. The molecule has 0 aromatic rings. The summed E-state index contributed by atoms with van der Waals surface area (Å²) in [6, 6.07) is -0.0432. The summed E-state index contributed by atoms with van der Waals surface area (Å²) in [5.41, 5.74) is 0. The van der Waals surface area contributed by atoms with Crippen LogP contribution in [-0.2, 0) is 14.8 Å². The Balaban J connectivity index is 2.55. The average molecular weight is 248 g/mol. The van der Waals surface area contributed by atoms with Gasteiger partial charge in [-0.2, -0.15) is 0 Å². The molecule has 1 aliphatic rings. The Hall–Kier alpha value is -0.620. The lowest BCUT2D eigenvalue weighted by atomic mass is 10.1. The molecule has 1 heterocycles. The fraction of sp³-hybridized carbons (Fsp3) is 0.900. The zero-order valence-electron chi connectivity index (χ0n) is 10.1. The molecular weight excluding hydrogens is 228 g/mol. The van der Waals surface area contributed by atoms with E-state index in [1.165, 1.54) is 10.6 Å². The van der Waals surface area contributed by atoms with Crippen LogP contribution in [0.1, 0.15) is 26.7 Å². The van der Waals surface area contributed by atoms with Crippen LogP contribution in [0.15, 0.2) is 0 Å². The number of amides is 1. The molecule has 1 fully saturated rings.